The van der Waals surface area contributed by atoms with Gasteiger partial charge in [0.05, 0.1) is 18.0 Å². The van der Waals surface area contributed by atoms with Crippen LogP contribution in [0.1, 0.15) is 37.8 Å². The molecule has 0 amide bonds. The van der Waals surface area contributed by atoms with Gasteiger partial charge in [-0.15, -0.1) is 0 Å². The molecule has 0 aromatic carbocycles. The lowest BCUT2D eigenvalue weighted by Crippen LogP contribution is -2.10. The summed E-state index contributed by atoms with van der Waals surface area (Å²) in [6, 6.07) is 1.96. The van der Waals surface area contributed by atoms with Crippen LogP contribution in [0.15, 0.2) is 17.9 Å². The van der Waals surface area contributed by atoms with Crippen LogP contribution in [-0.4, -0.2) is 21.5 Å². The van der Waals surface area contributed by atoms with Gasteiger partial charge in [0.2, 0.25) is 0 Å². The molecular formula is C12H18N2O2. The second-order valence-electron chi connectivity index (χ2n) is 3.88. The molecular weight excluding hydrogens is 204 g/mol. The van der Waals surface area contributed by atoms with Crippen LogP contribution >= 0.6 is 0 Å². The molecule has 0 spiro atoms. The van der Waals surface area contributed by atoms with Crippen LogP contribution in [-0.2, 0) is 17.7 Å². The third-order valence-electron chi connectivity index (χ3n) is 2.81. The average molecular weight is 222 g/mol. The van der Waals surface area contributed by atoms with E-state index in [1.54, 1.807) is 0 Å². The van der Waals surface area contributed by atoms with Crippen molar-refractivity contribution in [2.45, 2.75) is 39.3 Å². The van der Waals surface area contributed by atoms with Crippen LogP contribution in [0.25, 0.3) is 0 Å². The van der Waals surface area contributed by atoms with Gasteiger partial charge in [-0.1, -0.05) is 6.92 Å². The number of hydrogen-bond acceptors (Lipinski definition) is 3. The number of rotatable bonds is 4. The second-order valence-corrected chi connectivity index (χ2v) is 3.88. The molecule has 1 aliphatic rings. The minimum Gasteiger partial charge on any atom is -0.495 e. The van der Waals surface area contributed by atoms with E-state index >= 15 is 0 Å². The Balaban J connectivity index is 2.27. The molecule has 0 fully saturated rings. The molecule has 1 N–H and O–H groups in total. The Labute approximate surface area is 95.5 Å². The number of nitrogens with zero attached hydrogens (tertiary/aromatic N) is 2. The maximum absolute atomic E-state index is 10.2. The number of hydrogen-bond donors (Lipinski definition) is 1. The fourth-order valence-corrected chi connectivity index (χ4v) is 1.91. The van der Waals surface area contributed by atoms with E-state index in [1.165, 1.54) is 0 Å². The van der Waals surface area contributed by atoms with E-state index in [0.717, 1.165) is 30.8 Å². The highest BCUT2D eigenvalue weighted by Gasteiger charge is 2.22. The summed E-state index contributed by atoms with van der Waals surface area (Å²) >= 11 is 0. The standard InChI is InChI=1S/C12H18N2O2/c1-3-9-8-10(14(4-2)13-9)12(15)11-6-5-7-16-11/h6,8,12,15H,3-5,7H2,1-2H3. The zero-order valence-electron chi connectivity index (χ0n) is 9.81. The molecule has 1 atom stereocenters. The molecule has 1 aliphatic heterocycles. The zero-order valence-corrected chi connectivity index (χ0v) is 9.81. The van der Waals surface area contributed by atoms with Crippen LogP contribution < -0.4 is 0 Å². The molecule has 0 saturated carbocycles. The Kier molecular flexibility index (Phi) is 3.29. The molecule has 1 aromatic rings. The summed E-state index contributed by atoms with van der Waals surface area (Å²) in [6.45, 7) is 5.52. The number of aryl methyl sites for hydroxylation is 2. The predicted molar refractivity (Wildman–Crippen MR) is 60.9 cm³/mol. The van der Waals surface area contributed by atoms with Gasteiger partial charge in [-0.3, -0.25) is 4.68 Å². The Hall–Kier alpha value is -1.29. The van der Waals surface area contributed by atoms with Crippen molar-refractivity contribution in [2.24, 2.45) is 0 Å². The van der Waals surface area contributed by atoms with Crippen LogP contribution in [0.5, 0.6) is 0 Å². The van der Waals surface area contributed by atoms with Crippen LogP contribution in [0.3, 0.4) is 0 Å². The maximum atomic E-state index is 10.2. The molecule has 4 heteroatoms. The van der Waals surface area contributed by atoms with E-state index in [2.05, 4.69) is 12.0 Å². The predicted octanol–water partition coefficient (Wildman–Crippen LogP) is 1.80. The van der Waals surface area contributed by atoms with E-state index in [9.17, 15) is 5.11 Å². The van der Waals surface area contributed by atoms with Crippen LogP contribution in [0.4, 0.5) is 0 Å². The summed E-state index contributed by atoms with van der Waals surface area (Å²) in [5.74, 6) is 0.664. The highest BCUT2D eigenvalue weighted by atomic mass is 16.5. The monoisotopic (exact) mass is 222 g/mol. The van der Waals surface area contributed by atoms with E-state index in [1.807, 2.05) is 23.7 Å². The molecule has 16 heavy (non-hydrogen) atoms. The van der Waals surface area contributed by atoms with Crippen molar-refractivity contribution in [2.75, 3.05) is 6.61 Å². The number of aliphatic hydroxyl groups excluding tert-OH is 1. The van der Waals surface area contributed by atoms with Gasteiger partial charge >= 0.3 is 0 Å². The number of ether oxygens (including phenoxy) is 1. The lowest BCUT2D eigenvalue weighted by atomic mass is 10.2. The molecule has 0 saturated heterocycles. The van der Waals surface area contributed by atoms with Crippen molar-refractivity contribution in [3.8, 4) is 0 Å². The van der Waals surface area contributed by atoms with Gasteiger partial charge in [0.15, 0.2) is 6.10 Å². The Morgan fingerprint density at radius 1 is 1.56 bits per heavy atom. The first-order valence-corrected chi connectivity index (χ1v) is 5.83. The Bertz CT molecular complexity index is 396. The summed E-state index contributed by atoms with van der Waals surface area (Å²) in [7, 11) is 0. The largest absolute Gasteiger partial charge is 0.495 e. The van der Waals surface area contributed by atoms with Gasteiger partial charge in [-0.2, -0.15) is 5.10 Å². The first kappa shape index (κ1) is 11.2. The van der Waals surface area contributed by atoms with Crippen molar-refractivity contribution >= 4 is 0 Å². The van der Waals surface area contributed by atoms with Crippen LogP contribution in [0.2, 0.25) is 0 Å². The molecule has 2 heterocycles. The maximum Gasteiger partial charge on any atom is 0.152 e. The highest BCUT2D eigenvalue weighted by Crippen LogP contribution is 2.26. The van der Waals surface area contributed by atoms with Crippen molar-refractivity contribution in [3.63, 3.8) is 0 Å². The first-order valence-electron chi connectivity index (χ1n) is 5.83. The zero-order chi connectivity index (χ0) is 11.5. The Morgan fingerprint density at radius 3 is 2.94 bits per heavy atom. The average Bonchev–Trinajstić information content (AvgIpc) is 2.96. The molecule has 88 valence electrons. The van der Waals surface area contributed by atoms with Crippen molar-refractivity contribution < 1.29 is 9.84 Å². The summed E-state index contributed by atoms with van der Waals surface area (Å²) in [5.41, 5.74) is 1.84. The van der Waals surface area contributed by atoms with Gasteiger partial charge in [-0.05, 0) is 25.5 Å². The summed E-state index contributed by atoms with van der Waals surface area (Å²) in [6.07, 6.45) is 3.04. The lowest BCUT2D eigenvalue weighted by Gasteiger charge is -2.13. The Morgan fingerprint density at radius 2 is 2.38 bits per heavy atom. The van der Waals surface area contributed by atoms with Gasteiger partial charge in [0.1, 0.15) is 5.76 Å². The molecule has 1 unspecified atom stereocenters. The van der Waals surface area contributed by atoms with Gasteiger partial charge in [0, 0.05) is 13.0 Å². The van der Waals surface area contributed by atoms with E-state index in [-0.39, 0.29) is 0 Å². The minimum atomic E-state index is -0.671. The molecule has 0 aliphatic carbocycles. The van der Waals surface area contributed by atoms with Gasteiger partial charge in [0.25, 0.3) is 0 Å². The summed E-state index contributed by atoms with van der Waals surface area (Å²) in [4.78, 5) is 0. The fraction of sp³-hybridized carbons (Fsp3) is 0.583. The van der Waals surface area contributed by atoms with Gasteiger partial charge in [-0.25, -0.2) is 0 Å². The lowest BCUT2D eigenvalue weighted by molar-refractivity contribution is 0.112. The fourth-order valence-electron chi connectivity index (χ4n) is 1.91. The van der Waals surface area contributed by atoms with Crippen molar-refractivity contribution in [1.82, 2.24) is 9.78 Å². The van der Waals surface area contributed by atoms with E-state index in [0.29, 0.717) is 12.4 Å². The SMILES string of the molecule is CCc1cc(C(O)C2=CCCO2)n(CC)n1. The van der Waals surface area contributed by atoms with Crippen LogP contribution in [0, 0.1) is 0 Å². The summed E-state index contributed by atoms with van der Waals surface area (Å²) < 4.78 is 7.22. The molecule has 0 bridgehead atoms. The first-order chi connectivity index (χ1) is 7.76. The molecule has 4 nitrogen and oxygen atoms in total. The summed E-state index contributed by atoms with van der Waals surface area (Å²) in [5, 5.41) is 14.6. The van der Waals surface area contributed by atoms with Crippen molar-refractivity contribution in [1.29, 1.82) is 0 Å². The number of aliphatic hydroxyl groups is 1. The molecule has 0 radical (unpaired) electrons. The normalized spacial score (nSPS) is 17.1. The van der Waals surface area contributed by atoms with Gasteiger partial charge < -0.3 is 9.84 Å². The highest BCUT2D eigenvalue weighted by molar-refractivity contribution is 5.21. The third-order valence-corrected chi connectivity index (χ3v) is 2.81. The third kappa shape index (κ3) is 1.97. The quantitative estimate of drug-likeness (QED) is 0.845. The van der Waals surface area contributed by atoms with E-state index in [4.69, 9.17) is 4.74 Å². The molecule has 2 rings (SSSR count). The van der Waals surface area contributed by atoms with E-state index < -0.39 is 6.10 Å². The topological polar surface area (TPSA) is 47.3 Å². The molecule has 1 aromatic heterocycles. The minimum absolute atomic E-state index is 0.664. The second kappa shape index (κ2) is 4.70. The van der Waals surface area contributed by atoms with Crippen molar-refractivity contribution in [3.05, 3.63) is 29.3 Å². The number of aromatic nitrogens is 2. The smallest absolute Gasteiger partial charge is 0.152 e.